The van der Waals surface area contributed by atoms with Crippen molar-refractivity contribution >= 4 is 34.3 Å². The monoisotopic (exact) mass is 422 g/mol. The molecule has 0 amide bonds. The summed E-state index contributed by atoms with van der Waals surface area (Å²) in [5.41, 5.74) is 0.309. The van der Waals surface area contributed by atoms with Crippen molar-refractivity contribution in [3.05, 3.63) is 17.2 Å². The number of hydrogen-bond acceptors (Lipinski definition) is 6. The number of nitrogens with zero attached hydrogens (tertiary/aromatic N) is 4. The highest BCUT2D eigenvalue weighted by molar-refractivity contribution is 8.00. The predicted molar refractivity (Wildman–Crippen MR) is 109 cm³/mol. The third kappa shape index (κ3) is 3.35. The van der Waals surface area contributed by atoms with E-state index in [1.54, 1.807) is 18.0 Å². The van der Waals surface area contributed by atoms with Gasteiger partial charge in [-0.05, 0) is 51.6 Å². The topological polar surface area (TPSA) is 51.1 Å². The molecule has 1 aliphatic carbocycles. The smallest absolute Gasteiger partial charge is 0.318 e. The van der Waals surface area contributed by atoms with Crippen molar-refractivity contribution < 1.29 is 9.13 Å². The Morgan fingerprint density at radius 2 is 1.93 bits per heavy atom. The van der Waals surface area contributed by atoms with Crippen molar-refractivity contribution in [2.45, 2.75) is 67.2 Å². The van der Waals surface area contributed by atoms with Gasteiger partial charge in [-0.15, -0.1) is 11.8 Å². The van der Waals surface area contributed by atoms with Crippen LogP contribution in [0.3, 0.4) is 0 Å². The van der Waals surface area contributed by atoms with Crippen LogP contribution in [0.25, 0.3) is 10.9 Å². The summed E-state index contributed by atoms with van der Waals surface area (Å²) in [6.45, 7) is 2.84. The number of fused-ring (bicyclic) bond motifs is 2. The van der Waals surface area contributed by atoms with E-state index in [9.17, 15) is 4.39 Å². The zero-order valence-electron chi connectivity index (χ0n) is 15.8. The quantitative estimate of drug-likeness (QED) is 0.506. The zero-order chi connectivity index (χ0) is 19.1. The second-order valence-corrected chi connectivity index (χ2v) is 9.82. The highest BCUT2D eigenvalue weighted by Crippen LogP contribution is 2.40. The van der Waals surface area contributed by atoms with Crippen LogP contribution in [0.1, 0.15) is 51.4 Å². The van der Waals surface area contributed by atoms with Gasteiger partial charge < -0.3 is 4.74 Å². The van der Waals surface area contributed by atoms with Crippen LogP contribution in [0.2, 0.25) is 5.15 Å². The summed E-state index contributed by atoms with van der Waals surface area (Å²) in [5, 5.41) is 1.71. The zero-order valence-corrected chi connectivity index (χ0v) is 17.4. The second kappa shape index (κ2) is 7.58. The molecule has 3 aliphatic rings. The third-order valence-corrected chi connectivity index (χ3v) is 8.05. The van der Waals surface area contributed by atoms with Crippen LogP contribution in [0, 0.1) is 5.82 Å². The fraction of sp³-hybridized carbons (Fsp3) is 0.650. The molecule has 2 aromatic rings. The van der Waals surface area contributed by atoms with Crippen molar-refractivity contribution in [3.8, 4) is 6.01 Å². The van der Waals surface area contributed by atoms with Gasteiger partial charge >= 0.3 is 6.01 Å². The number of pyridine rings is 1. The summed E-state index contributed by atoms with van der Waals surface area (Å²) in [6.07, 6.45) is 11.1. The molecule has 0 N–H and O–H groups in total. The molecule has 5 rings (SSSR count). The Labute approximate surface area is 173 Å². The number of halogens is 2. The van der Waals surface area contributed by atoms with Gasteiger partial charge in [0.2, 0.25) is 0 Å². The van der Waals surface area contributed by atoms with E-state index in [-0.39, 0.29) is 22.2 Å². The van der Waals surface area contributed by atoms with Crippen LogP contribution in [-0.4, -0.2) is 50.3 Å². The average molecular weight is 423 g/mol. The Hall–Kier alpha value is -1.18. The molecular weight excluding hydrogens is 399 g/mol. The van der Waals surface area contributed by atoms with Gasteiger partial charge in [-0.25, -0.2) is 9.37 Å². The molecule has 0 bridgehead atoms. The lowest BCUT2D eigenvalue weighted by Gasteiger charge is -2.31. The van der Waals surface area contributed by atoms with E-state index in [2.05, 4.69) is 19.9 Å². The number of ether oxygens (including phenoxy) is 1. The molecule has 0 spiro atoms. The van der Waals surface area contributed by atoms with Gasteiger partial charge in [-0.2, -0.15) is 9.97 Å². The molecule has 4 heterocycles. The first-order valence-electron chi connectivity index (χ1n) is 10.2. The summed E-state index contributed by atoms with van der Waals surface area (Å²) in [5.74, 6) is -0.596. The molecule has 3 fully saturated rings. The standard InChI is InChI=1S/C20H24ClFN4OS/c21-17-15(22)16-14(11-23-17)18(28-13-5-1-2-6-13)25-19(24-16)27-12-20-7-3-9-26(20)10-4-8-20/h11,13H,1-10,12H2. The van der Waals surface area contributed by atoms with Gasteiger partial charge in [-0.3, -0.25) is 4.90 Å². The van der Waals surface area contributed by atoms with Crippen molar-refractivity contribution in [2.75, 3.05) is 19.7 Å². The SMILES string of the molecule is Fc1c(Cl)ncc2c(SC3CCCC3)nc(OCC34CCCN3CCC4)nc12. The van der Waals surface area contributed by atoms with Crippen LogP contribution >= 0.6 is 23.4 Å². The Bertz CT molecular complexity index is 882. The summed E-state index contributed by atoms with van der Waals surface area (Å²) in [6, 6.07) is 0.252. The van der Waals surface area contributed by atoms with Crippen LogP contribution < -0.4 is 4.74 Å². The Morgan fingerprint density at radius 3 is 2.68 bits per heavy atom. The molecule has 150 valence electrons. The summed E-state index contributed by atoms with van der Waals surface area (Å²) in [7, 11) is 0. The van der Waals surface area contributed by atoms with Gasteiger partial charge in [-0.1, -0.05) is 24.4 Å². The van der Waals surface area contributed by atoms with E-state index in [0.717, 1.165) is 43.8 Å². The first-order valence-corrected chi connectivity index (χ1v) is 11.5. The summed E-state index contributed by atoms with van der Waals surface area (Å²) < 4.78 is 20.8. The van der Waals surface area contributed by atoms with Gasteiger partial charge in [0.1, 0.15) is 17.1 Å². The fourth-order valence-corrected chi connectivity index (χ4v) is 6.40. The van der Waals surface area contributed by atoms with Gasteiger partial charge in [0.05, 0.1) is 10.9 Å². The number of rotatable bonds is 5. The maximum absolute atomic E-state index is 14.7. The maximum Gasteiger partial charge on any atom is 0.318 e. The van der Waals surface area contributed by atoms with Crippen molar-refractivity contribution in [3.63, 3.8) is 0 Å². The molecule has 2 aliphatic heterocycles. The van der Waals surface area contributed by atoms with Crippen molar-refractivity contribution in [1.82, 2.24) is 19.9 Å². The fourth-order valence-electron chi connectivity index (χ4n) is 4.97. The minimum Gasteiger partial charge on any atom is -0.461 e. The van der Waals surface area contributed by atoms with Crippen LogP contribution in [0.15, 0.2) is 11.2 Å². The van der Waals surface area contributed by atoms with Gasteiger partial charge in [0, 0.05) is 11.4 Å². The molecule has 1 saturated carbocycles. The molecule has 0 aromatic carbocycles. The molecule has 5 nitrogen and oxygen atoms in total. The first kappa shape index (κ1) is 18.8. The van der Waals surface area contributed by atoms with E-state index < -0.39 is 5.82 Å². The third-order valence-electron chi connectivity index (χ3n) is 6.45. The molecule has 0 atom stereocenters. The normalized spacial score (nSPS) is 22.2. The predicted octanol–water partition coefficient (Wildman–Crippen LogP) is 4.86. The maximum atomic E-state index is 14.7. The number of thioether (sulfide) groups is 1. The van der Waals surface area contributed by atoms with Gasteiger partial charge in [0.25, 0.3) is 0 Å². The Morgan fingerprint density at radius 1 is 1.18 bits per heavy atom. The molecule has 8 heteroatoms. The lowest BCUT2D eigenvalue weighted by molar-refractivity contribution is 0.107. The minimum absolute atomic E-state index is 0.103. The molecule has 2 saturated heterocycles. The Balaban J connectivity index is 1.46. The Kier molecular flexibility index (Phi) is 5.09. The largest absolute Gasteiger partial charge is 0.461 e. The van der Waals surface area contributed by atoms with E-state index >= 15 is 0 Å². The van der Waals surface area contributed by atoms with Crippen LogP contribution in [0.4, 0.5) is 4.39 Å². The summed E-state index contributed by atoms with van der Waals surface area (Å²) in [4.78, 5) is 15.6. The second-order valence-electron chi connectivity index (χ2n) is 8.17. The highest BCUT2D eigenvalue weighted by Gasteiger charge is 2.45. The lowest BCUT2D eigenvalue weighted by atomic mass is 9.95. The molecule has 0 radical (unpaired) electrons. The van der Waals surface area contributed by atoms with E-state index in [4.69, 9.17) is 16.3 Å². The minimum atomic E-state index is -0.596. The summed E-state index contributed by atoms with van der Waals surface area (Å²) >= 11 is 7.61. The molecule has 28 heavy (non-hydrogen) atoms. The highest BCUT2D eigenvalue weighted by atomic mass is 35.5. The first-order chi connectivity index (χ1) is 13.6. The lowest BCUT2D eigenvalue weighted by Crippen LogP contribution is -2.43. The molecular formula is C20H24ClFN4OS. The van der Waals surface area contributed by atoms with E-state index in [0.29, 0.717) is 17.2 Å². The number of aromatic nitrogens is 3. The molecule has 2 aromatic heterocycles. The van der Waals surface area contributed by atoms with E-state index in [1.807, 2.05) is 0 Å². The molecule has 0 unspecified atom stereocenters. The van der Waals surface area contributed by atoms with Gasteiger partial charge in [0.15, 0.2) is 11.0 Å². The van der Waals surface area contributed by atoms with Crippen molar-refractivity contribution in [2.24, 2.45) is 0 Å². The van der Waals surface area contributed by atoms with E-state index in [1.165, 1.54) is 25.7 Å². The van der Waals surface area contributed by atoms with Crippen LogP contribution in [0.5, 0.6) is 6.01 Å². The van der Waals surface area contributed by atoms with Crippen LogP contribution in [-0.2, 0) is 0 Å². The average Bonchev–Trinajstić information content (AvgIpc) is 3.40. The number of hydrogen-bond donors (Lipinski definition) is 0. The van der Waals surface area contributed by atoms with Crippen molar-refractivity contribution in [1.29, 1.82) is 0 Å².